The topological polar surface area (TPSA) is 22.1 Å². The van der Waals surface area contributed by atoms with Crippen LogP contribution in [0, 0.1) is 6.07 Å². The normalized spacial score (nSPS) is 21.1. The van der Waals surface area contributed by atoms with Gasteiger partial charge in [-0.1, -0.05) is 36.2 Å². The summed E-state index contributed by atoms with van der Waals surface area (Å²) in [6, 6.07) is 11.4. The van der Waals surface area contributed by atoms with Crippen LogP contribution in [0.5, 0.6) is 0 Å². The van der Waals surface area contributed by atoms with Crippen molar-refractivity contribution in [2.45, 2.75) is 0 Å². The van der Waals surface area contributed by atoms with E-state index < -0.39 is 0 Å². The van der Waals surface area contributed by atoms with Gasteiger partial charge in [0.05, 0.1) is 0 Å². The number of amidine groups is 1. The van der Waals surface area contributed by atoms with E-state index in [0.29, 0.717) is 0 Å². The van der Waals surface area contributed by atoms with E-state index in [1.54, 1.807) is 0 Å². The van der Waals surface area contributed by atoms with Gasteiger partial charge in [-0.3, -0.25) is 0 Å². The molecule has 4 aliphatic rings. The standard InChI is InChI=1S/C19H16B3N4.Ir/c1-2-10-18(11-3-1)19-23-20-12-4-8-16-25(20)22-14-6-9-17-26(22)21-13-5-7-15-24(19)21;/h1-10,12-17H;/q-1;/b23-19-;. The first-order valence-corrected chi connectivity index (χ1v) is 8.85. The SMILES string of the molecule is [Ir].[c-]1ccccc1/C1=N/B2C=CC=CN2B2C=CC=CN2B2C=CC=CN21. The Kier molecular flexibility index (Phi) is 5.10. The molecule has 4 heterocycles. The summed E-state index contributed by atoms with van der Waals surface area (Å²) in [5.74, 6) is 7.49. The third kappa shape index (κ3) is 3.20. The molecule has 1 aromatic carbocycles. The van der Waals surface area contributed by atoms with Gasteiger partial charge in [0.15, 0.2) is 0 Å². The van der Waals surface area contributed by atoms with Crippen LogP contribution in [0.1, 0.15) is 5.56 Å². The van der Waals surface area contributed by atoms with Crippen molar-refractivity contribution in [1.29, 1.82) is 0 Å². The van der Waals surface area contributed by atoms with E-state index in [2.05, 4.69) is 99.4 Å². The Labute approximate surface area is 174 Å². The van der Waals surface area contributed by atoms with E-state index in [4.69, 9.17) is 4.90 Å². The van der Waals surface area contributed by atoms with Crippen molar-refractivity contribution in [1.82, 2.24) is 14.3 Å². The van der Waals surface area contributed by atoms with E-state index in [1.807, 2.05) is 18.2 Å². The van der Waals surface area contributed by atoms with Crippen molar-refractivity contribution in [3.8, 4) is 0 Å². The Balaban J connectivity index is 0.00000180. The van der Waals surface area contributed by atoms with E-state index in [0.717, 1.165) is 11.4 Å². The van der Waals surface area contributed by atoms with Crippen LogP contribution in [0.3, 0.4) is 0 Å². The zero-order valence-corrected chi connectivity index (χ0v) is 17.0. The molecule has 5 rings (SSSR count). The first kappa shape index (κ1) is 18.0. The number of allylic oxidation sites excluding steroid dienone is 6. The molecule has 8 heteroatoms. The number of benzene rings is 1. The number of hydrogen-bond acceptors (Lipinski definition) is 4. The van der Waals surface area contributed by atoms with Crippen molar-refractivity contribution >= 4 is 26.8 Å². The van der Waals surface area contributed by atoms with Gasteiger partial charge in [-0.15, -0.1) is 35.9 Å². The smallest absolute Gasteiger partial charge is 0.402 e. The molecule has 0 amide bonds. The van der Waals surface area contributed by atoms with Gasteiger partial charge >= 0.3 is 20.9 Å². The maximum atomic E-state index is 5.13. The quantitative estimate of drug-likeness (QED) is 0.416. The number of rotatable bonds is 1. The van der Waals surface area contributed by atoms with E-state index >= 15 is 0 Å². The molecule has 0 N–H and O–H groups in total. The van der Waals surface area contributed by atoms with Crippen molar-refractivity contribution < 1.29 is 20.1 Å². The molecule has 0 bridgehead atoms. The second-order valence-corrected chi connectivity index (χ2v) is 6.45. The van der Waals surface area contributed by atoms with E-state index in [9.17, 15) is 0 Å². The molecule has 27 heavy (non-hydrogen) atoms. The minimum Gasteiger partial charge on any atom is -0.423 e. The van der Waals surface area contributed by atoms with Crippen LogP contribution in [0.15, 0.2) is 102 Å². The molecule has 0 fully saturated rings. The Morgan fingerprint density at radius 2 is 1.52 bits per heavy atom. The molecule has 0 saturated carbocycles. The van der Waals surface area contributed by atoms with Gasteiger partial charge in [-0.2, -0.15) is 0 Å². The van der Waals surface area contributed by atoms with E-state index in [-0.39, 0.29) is 41.1 Å². The Morgan fingerprint density at radius 3 is 2.33 bits per heavy atom. The van der Waals surface area contributed by atoms with Crippen molar-refractivity contribution in [2.24, 2.45) is 4.90 Å². The van der Waals surface area contributed by atoms with Gasteiger partial charge in [0.2, 0.25) is 0 Å². The van der Waals surface area contributed by atoms with E-state index in [1.165, 1.54) is 0 Å². The summed E-state index contributed by atoms with van der Waals surface area (Å²) in [6.45, 7) is 0.103. The fourth-order valence-corrected chi connectivity index (χ4v) is 3.71. The maximum Gasteiger partial charge on any atom is 0.402 e. The second-order valence-electron chi connectivity index (χ2n) is 6.45. The van der Waals surface area contributed by atoms with Gasteiger partial charge in [0.1, 0.15) is 0 Å². The largest absolute Gasteiger partial charge is 0.423 e. The summed E-state index contributed by atoms with van der Waals surface area (Å²) in [4.78, 5) is 7.36. The summed E-state index contributed by atoms with van der Waals surface area (Å²) in [6.07, 6.45) is 18.9. The van der Waals surface area contributed by atoms with Crippen LogP contribution >= 0.6 is 0 Å². The van der Waals surface area contributed by atoms with Gasteiger partial charge in [-0.25, -0.2) is 0 Å². The third-order valence-corrected chi connectivity index (χ3v) is 4.90. The summed E-state index contributed by atoms with van der Waals surface area (Å²) in [7, 11) is 0. The van der Waals surface area contributed by atoms with Crippen molar-refractivity contribution in [2.75, 3.05) is 0 Å². The average molecular weight is 525 g/mol. The fraction of sp³-hybridized carbons (Fsp3) is 0. The first-order chi connectivity index (χ1) is 12.9. The molecule has 0 aromatic heterocycles. The van der Waals surface area contributed by atoms with Crippen molar-refractivity contribution in [3.05, 3.63) is 109 Å². The summed E-state index contributed by atoms with van der Waals surface area (Å²) in [5, 5.41) is 0. The number of hydrogen-bond donors (Lipinski definition) is 0. The minimum atomic E-state index is -0.0625. The number of fused-ring (bicyclic) bond motifs is 5. The molecule has 0 atom stereocenters. The molecular formula is C19H16B3IrN4-. The molecule has 1 aromatic rings. The predicted molar refractivity (Wildman–Crippen MR) is 109 cm³/mol. The molecule has 0 saturated heterocycles. The molecule has 131 valence electrons. The Hall–Kier alpha value is -2.43. The third-order valence-electron chi connectivity index (χ3n) is 4.90. The molecule has 0 spiro atoms. The van der Waals surface area contributed by atoms with Gasteiger partial charge in [0.25, 0.3) is 0 Å². The van der Waals surface area contributed by atoms with Gasteiger partial charge in [0, 0.05) is 25.9 Å². The first-order valence-electron chi connectivity index (χ1n) is 8.85. The summed E-state index contributed by atoms with van der Waals surface area (Å²) < 4.78 is 4.64. The monoisotopic (exact) mass is 526 g/mol. The molecular weight excluding hydrogens is 509 g/mol. The molecule has 4 aliphatic heterocycles. The number of nitrogens with zero attached hydrogens (tertiary/aromatic N) is 4. The maximum absolute atomic E-state index is 5.13. The van der Waals surface area contributed by atoms with Gasteiger partial charge < -0.3 is 19.2 Å². The summed E-state index contributed by atoms with van der Waals surface area (Å²) in [5.41, 5.74) is 0.996. The Morgan fingerprint density at radius 1 is 0.778 bits per heavy atom. The summed E-state index contributed by atoms with van der Waals surface area (Å²) >= 11 is 0. The minimum absolute atomic E-state index is 0. The molecule has 0 unspecified atom stereocenters. The second kappa shape index (κ2) is 7.67. The van der Waals surface area contributed by atoms with Crippen LogP contribution in [0.2, 0.25) is 0 Å². The van der Waals surface area contributed by atoms with Crippen LogP contribution < -0.4 is 0 Å². The molecule has 4 nitrogen and oxygen atoms in total. The predicted octanol–water partition coefficient (Wildman–Crippen LogP) is 2.48. The van der Waals surface area contributed by atoms with Crippen LogP contribution in [0.25, 0.3) is 0 Å². The zero-order valence-electron chi connectivity index (χ0n) is 14.6. The molecule has 1 radical (unpaired) electrons. The zero-order chi connectivity index (χ0) is 17.3. The van der Waals surface area contributed by atoms with Crippen LogP contribution in [-0.2, 0) is 20.1 Å². The van der Waals surface area contributed by atoms with Crippen LogP contribution in [-0.4, -0.2) is 41.0 Å². The Bertz CT molecular complexity index is 907. The molecule has 0 aliphatic carbocycles. The van der Waals surface area contributed by atoms with Gasteiger partial charge in [-0.05, 0) is 36.8 Å². The van der Waals surface area contributed by atoms with Crippen molar-refractivity contribution in [3.63, 3.8) is 0 Å². The fourth-order valence-electron chi connectivity index (χ4n) is 3.71. The average Bonchev–Trinajstić information content (AvgIpc) is 2.72. The van der Waals surface area contributed by atoms with Crippen LogP contribution in [0.4, 0.5) is 0 Å².